The summed E-state index contributed by atoms with van der Waals surface area (Å²) in [4.78, 5) is 26.5. The first-order valence-electron chi connectivity index (χ1n) is 11.4. The van der Waals surface area contributed by atoms with Crippen LogP contribution in [0.25, 0.3) is 0 Å². The summed E-state index contributed by atoms with van der Waals surface area (Å²) in [5.74, 6) is -0.135. The molecule has 0 unspecified atom stereocenters. The van der Waals surface area contributed by atoms with E-state index in [1.807, 2.05) is 13.8 Å². The molecule has 0 saturated heterocycles. The molecule has 1 aromatic carbocycles. The van der Waals surface area contributed by atoms with E-state index in [4.69, 9.17) is 0 Å². The molecule has 1 saturated carbocycles. The molecule has 31 heavy (non-hydrogen) atoms. The van der Waals surface area contributed by atoms with Gasteiger partial charge in [-0.2, -0.15) is 4.72 Å². The lowest BCUT2D eigenvalue weighted by molar-refractivity contribution is -0.124. The molecule has 0 spiro atoms. The molecule has 1 atom stereocenters. The molecule has 2 amide bonds. The van der Waals surface area contributed by atoms with Crippen molar-refractivity contribution in [3.05, 3.63) is 23.8 Å². The maximum absolute atomic E-state index is 13.1. The Morgan fingerprint density at radius 2 is 1.81 bits per heavy atom. The molecule has 2 aliphatic rings. The maximum Gasteiger partial charge on any atom is 0.241 e. The number of carbonyl (C=O) groups excluding carboxylic acids is 2. The molecular formula is C23H35N3O4S. The monoisotopic (exact) mass is 449 g/mol. The number of carbonyl (C=O) groups is 2. The van der Waals surface area contributed by atoms with Crippen LogP contribution >= 0.6 is 0 Å². The second kappa shape index (κ2) is 10.1. The van der Waals surface area contributed by atoms with Crippen molar-refractivity contribution in [1.82, 2.24) is 10.0 Å². The molecule has 8 heteroatoms. The number of rotatable bonds is 7. The topological polar surface area (TPSA) is 95.6 Å². The van der Waals surface area contributed by atoms with Gasteiger partial charge in [0.1, 0.15) is 6.04 Å². The van der Waals surface area contributed by atoms with E-state index in [9.17, 15) is 18.0 Å². The molecular weight excluding hydrogens is 414 g/mol. The largest absolute Gasteiger partial charge is 0.352 e. The van der Waals surface area contributed by atoms with E-state index in [2.05, 4.69) is 10.0 Å². The Morgan fingerprint density at radius 1 is 1.13 bits per heavy atom. The van der Waals surface area contributed by atoms with Gasteiger partial charge in [0.25, 0.3) is 0 Å². The van der Waals surface area contributed by atoms with E-state index in [-0.39, 0.29) is 28.7 Å². The molecule has 0 radical (unpaired) electrons. The highest BCUT2D eigenvalue weighted by molar-refractivity contribution is 7.89. The molecule has 1 aliphatic carbocycles. The van der Waals surface area contributed by atoms with E-state index in [0.717, 1.165) is 36.9 Å². The van der Waals surface area contributed by atoms with Crippen LogP contribution in [-0.4, -0.2) is 38.9 Å². The summed E-state index contributed by atoms with van der Waals surface area (Å²) in [6, 6.07) is 4.12. The fourth-order valence-electron chi connectivity index (χ4n) is 4.53. The van der Waals surface area contributed by atoms with E-state index in [0.29, 0.717) is 19.4 Å². The van der Waals surface area contributed by atoms with Gasteiger partial charge in [-0.25, -0.2) is 8.42 Å². The van der Waals surface area contributed by atoms with Crippen LogP contribution < -0.4 is 14.9 Å². The Kier molecular flexibility index (Phi) is 7.75. The van der Waals surface area contributed by atoms with Gasteiger partial charge in [0.15, 0.2) is 0 Å². The molecule has 0 aromatic heterocycles. The van der Waals surface area contributed by atoms with Gasteiger partial charge in [0.2, 0.25) is 21.8 Å². The van der Waals surface area contributed by atoms with Crippen LogP contribution in [0, 0.1) is 5.92 Å². The lowest BCUT2D eigenvalue weighted by atomic mass is 10.0. The van der Waals surface area contributed by atoms with E-state index in [1.165, 1.54) is 25.8 Å². The van der Waals surface area contributed by atoms with Crippen LogP contribution in [0.5, 0.6) is 0 Å². The third-order valence-corrected chi connectivity index (χ3v) is 7.63. The van der Waals surface area contributed by atoms with Crippen LogP contribution in [0.1, 0.15) is 71.3 Å². The lowest BCUT2D eigenvalue weighted by Crippen LogP contribution is -2.50. The first-order valence-corrected chi connectivity index (χ1v) is 12.9. The smallest absolute Gasteiger partial charge is 0.241 e. The summed E-state index contributed by atoms with van der Waals surface area (Å²) in [5.41, 5.74) is 1.60. The average molecular weight is 450 g/mol. The third-order valence-electron chi connectivity index (χ3n) is 6.16. The lowest BCUT2D eigenvalue weighted by Gasteiger charge is -2.24. The molecule has 3 rings (SSSR count). The van der Waals surface area contributed by atoms with Crippen molar-refractivity contribution < 1.29 is 18.0 Å². The Labute approximate surface area is 186 Å². The number of hydrogen-bond acceptors (Lipinski definition) is 4. The molecule has 1 aliphatic heterocycles. The van der Waals surface area contributed by atoms with Gasteiger partial charge in [0.05, 0.1) is 4.90 Å². The molecule has 1 aromatic rings. The number of amides is 2. The minimum atomic E-state index is -3.87. The Balaban J connectivity index is 1.75. The fourth-order valence-corrected chi connectivity index (χ4v) is 5.79. The zero-order valence-electron chi connectivity index (χ0n) is 18.8. The van der Waals surface area contributed by atoms with Crippen molar-refractivity contribution in [3.8, 4) is 0 Å². The number of anilines is 1. The molecule has 172 valence electrons. The van der Waals surface area contributed by atoms with Crippen LogP contribution in [0.15, 0.2) is 23.1 Å². The standard InChI is InChI=1S/C23H35N3O4S/c1-16(2)14-21(23(28)24-19-8-6-4-5-7-9-19)25-31(29,30)20-10-11-22-18(15-20)12-13-26(22)17(3)27/h10-11,15-16,19,21,25H,4-9,12-14H2,1-3H3,(H,24,28)/t21-/m1/s1. The van der Waals surface area contributed by atoms with Gasteiger partial charge in [0, 0.05) is 25.2 Å². The average Bonchev–Trinajstić information content (AvgIpc) is 2.96. The van der Waals surface area contributed by atoms with Gasteiger partial charge < -0.3 is 10.2 Å². The fraction of sp³-hybridized carbons (Fsp3) is 0.652. The predicted octanol–water partition coefficient (Wildman–Crippen LogP) is 3.13. The Hall–Kier alpha value is -1.93. The van der Waals surface area contributed by atoms with Gasteiger partial charge in [-0.15, -0.1) is 0 Å². The van der Waals surface area contributed by atoms with Gasteiger partial charge in [-0.3, -0.25) is 9.59 Å². The van der Waals surface area contributed by atoms with Crippen molar-refractivity contribution in [1.29, 1.82) is 0 Å². The summed E-state index contributed by atoms with van der Waals surface area (Å²) in [6.07, 6.45) is 7.52. The zero-order chi connectivity index (χ0) is 22.6. The Bertz CT molecular complexity index is 905. The second-order valence-electron chi connectivity index (χ2n) is 9.21. The van der Waals surface area contributed by atoms with Gasteiger partial charge in [-0.05, 0) is 55.4 Å². The molecule has 7 nitrogen and oxygen atoms in total. The van der Waals surface area contributed by atoms with Crippen molar-refractivity contribution in [2.24, 2.45) is 5.92 Å². The molecule has 1 fully saturated rings. The van der Waals surface area contributed by atoms with E-state index < -0.39 is 16.1 Å². The molecule has 2 N–H and O–H groups in total. The number of fused-ring (bicyclic) bond motifs is 1. The van der Waals surface area contributed by atoms with E-state index >= 15 is 0 Å². The third kappa shape index (κ3) is 6.07. The molecule has 1 heterocycles. The van der Waals surface area contributed by atoms with Crippen molar-refractivity contribution in [2.75, 3.05) is 11.4 Å². The quantitative estimate of drug-likeness (QED) is 0.625. The normalized spacial score (nSPS) is 18.5. The van der Waals surface area contributed by atoms with Crippen LogP contribution in [0.2, 0.25) is 0 Å². The summed E-state index contributed by atoms with van der Waals surface area (Å²) in [5, 5.41) is 3.09. The zero-order valence-corrected chi connectivity index (χ0v) is 19.6. The van der Waals surface area contributed by atoms with Crippen LogP contribution in [-0.2, 0) is 26.0 Å². The number of nitrogens with zero attached hydrogens (tertiary/aromatic N) is 1. The Morgan fingerprint density at radius 3 is 2.42 bits per heavy atom. The number of hydrogen-bond donors (Lipinski definition) is 2. The van der Waals surface area contributed by atoms with Crippen LogP contribution in [0.3, 0.4) is 0 Å². The van der Waals surface area contributed by atoms with Gasteiger partial charge in [-0.1, -0.05) is 39.5 Å². The SMILES string of the molecule is CC(=O)N1CCc2cc(S(=O)(=O)N[C@H](CC(C)C)C(=O)NC3CCCCCC3)ccc21. The van der Waals surface area contributed by atoms with Crippen molar-refractivity contribution in [2.45, 2.75) is 89.1 Å². The predicted molar refractivity (Wildman–Crippen MR) is 121 cm³/mol. The van der Waals surface area contributed by atoms with Gasteiger partial charge >= 0.3 is 0 Å². The van der Waals surface area contributed by atoms with E-state index in [1.54, 1.807) is 17.0 Å². The highest BCUT2D eigenvalue weighted by Crippen LogP contribution is 2.30. The number of sulfonamides is 1. The van der Waals surface area contributed by atoms with Crippen molar-refractivity contribution in [3.63, 3.8) is 0 Å². The minimum Gasteiger partial charge on any atom is -0.352 e. The summed E-state index contributed by atoms with van der Waals surface area (Å²) >= 11 is 0. The summed E-state index contributed by atoms with van der Waals surface area (Å²) in [6.45, 7) is 6.02. The highest BCUT2D eigenvalue weighted by Gasteiger charge is 2.30. The number of nitrogens with one attached hydrogen (secondary N) is 2. The van der Waals surface area contributed by atoms with Crippen molar-refractivity contribution >= 4 is 27.5 Å². The second-order valence-corrected chi connectivity index (χ2v) is 10.9. The maximum atomic E-state index is 13.1. The highest BCUT2D eigenvalue weighted by atomic mass is 32.2. The minimum absolute atomic E-state index is 0.0559. The van der Waals surface area contributed by atoms with Crippen LogP contribution in [0.4, 0.5) is 5.69 Å². The summed E-state index contributed by atoms with van der Waals surface area (Å²) in [7, 11) is -3.87. The first-order chi connectivity index (χ1) is 14.7. The molecule has 0 bridgehead atoms. The first kappa shape index (κ1) is 23.7. The summed E-state index contributed by atoms with van der Waals surface area (Å²) < 4.78 is 28.9. The number of benzene rings is 1.